The molecule has 8 heteroatoms. The molecule has 122 valence electrons. The molecule has 1 aromatic rings. The Morgan fingerprint density at radius 1 is 1.14 bits per heavy atom. The maximum atomic E-state index is 13.0. The van der Waals surface area contributed by atoms with Gasteiger partial charge in [-0.15, -0.1) is 12.4 Å². The Morgan fingerprint density at radius 3 is 2.23 bits per heavy atom. The van der Waals surface area contributed by atoms with Crippen LogP contribution in [0.3, 0.4) is 0 Å². The predicted octanol–water partition coefficient (Wildman–Crippen LogP) is 3.20. The molecule has 0 heterocycles. The van der Waals surface area contributed by atoms with Crippen LogP contribution >= 0.6 is 12.4 Å². The normalized spacial score (nSPS) is 15.2. The van der Waals surface area contributed by atoms with E-state index in [1.54, 1.807) is 0 Å². The van der Waals surface area contributed by atoms with Gasteiger partial charge in [0.15, 0.2) is 5.96 Å². The molecule has 0 unspecified atom stereocenters. The van der Waals surface area contributed by atoms with Crippen LogP contribution in [-0.2, 0) is 6.18 Å². The average Bonchev–Trinajstić information content (AvgIpc) is 2.90. The van der Waals surface area contributed by atoms with Gasteiger partial charge in [0.1, 0.15) is 0 Å². The highest BCUT2D eigenvalue weighted by molar-refractivity contribution is 6.02. The van der Waals surface area contributed by atoms with Crippen LogP contribution in [0.4, 0.5) is 13.2 Å². The Hall–Kier alpha value is -1.76. The van der Waals surface area contributed by atoms with Gasteiger partial charge in [-0.2, -0.15) is 18.2 Å². The van der Waals surface area contributed by atoms with E-state index in [2.05, 4.69) is 4.99 Å². The van der Waals surface area contributed by atoms with E-state index in [1.165, 1.54) is 6.07 Å². The number of aliphatic imine (C=N–C) groups is 1. The van der Waals surface area contributed by atoms with Crippen molar-refractivity contribution in [2.75, 3.05) is 0 Å². The van der Waals surface area contributed by atoms with Crippen molar-refractivity contribution in [1.82, 2.24) is 0 Å². The lowest BCUT2D eigenvalue weighted by molar-refractivity contribution is -0.137. The zero-order valence-corrected chi connectivity index (χ0v) is 12.5. The molecular formula is C14H17ClF3N3O. The quantitative estimate of drug-likeness (QED) is 0.643. The van der Waals surface area contributed by atoms with Crippen molar-refractivity contribution < 1.29 is 18.0 Å². The fraction of sp³-hybridized carbons (Fsp3) is 0.429. The van der Waals surface area contributed by atoms with E-state index >= 15 is 0 Å². The summed E-state index contributed by atoms with van der Waals surface area (Å²) in [5, 5.41) is 0. The molecule has 22 heavy (non-hydrogen) atoms. The molecular weight excluding hydrogens is 319 g/mol. The number of rotatable bonds is 2. The largest absolute Gasteiger partial charge is 0.416 e. The summed E-state index contributed by atoms with van der Waals surface area (Å²) in [7, 11) is 0. The average molecular weight is 336 g/mol. The minimum Gasteiger partial charge on any atom is -0.370 e. The topological polar surface area (TPSA) is 81.5 Å². The molecule has 0 aliphatic heterocycles. The summed E-state index contributed by atoms with van der Waals surface area (Å²) in [4.78, 5) is 15.1. The SMILES string of the molecule is Cl.NC(N)=NC(=O)c1cc(C2CCCC2)cc(C(F)(F)F)c1. The third-order valence-corrected chi connectivity index (χ3v) is 3.59. The molecule has 0 atom stereocenters. The number of benzene rings is 1. The number of halogens is 4. The first kappa shape index (κ1) is 18.3. The fourth-order valence-corrected chi connectivity index (χ4v) is 2.62. The summed E-state index contributed by atoms with van der Waals surface area (Å²) in [6.45, 7) is 0. The second-order valence-corrected chi connectivity index (χ2v) is 5.16. The minimum atomic E-state index is -4.51. The molecule has 1 saturated carbocycles. The molecule has 0 aromatic heterocycles. The second kappa shape index (κ2) is 7.00. The van der Waals surface area contributed by atoms with Gasteiger partial charge in [-0.1, -0.05) is 12.8 Å². The van der Waals surface area contributed by atoms with Crippen LogP contribution in [0.2, 0.25) is 0 Å². The highest BCUT2D eigenvalue weighted by Gasteiger charge is 2.32. The summed E-state index contributed by atoms with van der Waals surface area (Å²) in [5.41, 5.74) is 9.74. The van der Waals surface area contributed by atoms with Crippen molar-refractivity contribution in [3.05, 3.63) is 34.9 Å². The standard InChI is InChI=1S/C14H16F3N3O.ClH/c15-14(16,17)11-6-9(8-3-1-2-4-8)5-10(7-11)12(21)20-13(18)19;/h5-8H,1-4H2,(H4,18,19,20,21);1H. The molecule has 4 nitrogen and oxygen atoms in total. The van der Waals surface area contributed by atoms with Crippen molar-refractivity contribution in [3.63, 3.8) is 0 Å². The van der Waals surface area contributed by atoms with Gasteiger partial charge in [0.25, 0.3) is 5.91 Å². The van der Waals surface area contributed by atoms with Crippen LogP contribution in [0, 0.1) is 0 Å². The Bertz CT molecular complexity index is 577. The van der Waals surface area contributed by atoms with Crippen LogP contribution in [0.25, 0.3) is 0 Å². The van der Waals surface area contributed by atoms with E-state index in [4.69, 9.17) is 11.5 Å². The molecule has 0 saturated heterocycles. The monoisotopic (exact) mass is 335 g/mol. The van der Waals surface area contributed by atoms with Gasteiger partial charge < -0.3 is 11.5 Å². The Labute approximate surface area is 132 Å². The van der Waals surface area contributed by atoms with E-state index in [0.717, 1.165) is 37.8 Å². The molecule has 0 spiro atoms. The highest BCUT2D eigenvalue weighted by atomic mass is 35.5. The smallest absolute Gasteiger partial charge is 0.370 e. The van der Waals surface area contributed by atoms with Gasteiger partial charge in [-0.05, 0) is 42.5 Å². The van der Waals surface area contributed by atoms with Crippen LogP contribution in [-0.4, -0.2) is 11.9 Å². The third-order valence-electron chi connectivity index (χ3n) is 3.59. The first-order valence-corrected chi connectivity index (χ1v) is 6.63. The number of guanidine groups is 1. The van der Waals surface area contributed by atoms with Crippen molar-refractivity contribution >= 4 is 24.3 Å². The molecule has 1 aliphatic carbocycles. The number of hydrogen-bond donors (Lipinski definition) is 2. The van der Waals surface area contributed by atoms with Gasteiger partial charge in [0.05, 0.1) is 5.56 Å². The van der Waals surface area contributed by atoms with E-state index < -0.39 is 23.6 Å². The molecule has 4 N–H and O–H groups in total. The fourth-order valence-electron chi connectivity index (χ4n) is 2.62. The van der Waals surface area contributed by atoms with E-state index in [-0.39, 0.29) is 23.9 Å². The lowest BCUT2D eigenvalue weighted by atomic mass is 9.93. The lowest BCUT2D eigenvalue weighted by Crippen LogP contribution is -2.24. The highest BCUT2D eigenvalue weighted by Crippen LogP contribution is 2.38. The van der Waals surface area contributed by atoms with Crippen molar-refractivity contribution in [3.8, 4) is 0 Å². The van der Waals surface area contributed by atoms with Gasteiger partial charge >= 0.3 is 6.18 Å². The second-order valence-electron chi connectivity index (χ2n) is 5.16. The molecule has 1 aliphatic rings. The summed E-state index contributed by atoms with van der Waals surface area (Å²) in [6.07, 6.45) is -0.883. The molecule has 1 fully saturated rings. The predicted molar refractivity (Wildman–Crippen MR) is 80.0 cm³/mol. The van der Waals surface area contributed by atoms with Crippen molar-refractivity contribution in [1.29, 1.82) is 0 Å². The number of amides is 1. The van der Waals surface area contributed by atoms with Crippen molar-refractivity contribution in [2.45, 2.75) is 37.8 Å². The van der Waals surface area contributed by atoms with Crippen molar-refractivity contribution in [2.24, 2.45) is 16.5 Å². The Morgan fingerprint density at radius 2 is 1.73 bits per heavy atom. The van der Waals surface area contributed by atoms with Crippen LogP contribution < -0.4 is 11.5 Å². The minimum absolute atomic E-state index is 0. The Balaban J connectivity index is 0.00000242. The maximum absolute atomic E-state index is 13.0. The van der Waals surface area contributed by atoms with Gasteiger partial charge in [0, 0.05) is 5.56 Å². The maximum Gasteiger partial charge on any atom is 0.416 e. The summed E-state index contributed by atoms with van der Waals surface area (Å²) < 4.78 is 38.9. The van der Waals surface area contributed by atoms with Gasteiger partial charge in [0.2, 0.25) is 0 Å². The molecule has 1 aromatic carbocycles. The Kier molecular flexibility index (Phi) is 5.82. The van der Waals surface area contributed by atoms with Crippen LogP contribution in [0.1, 0.15) is 53.1 Å². The molecule has 0 bridgehead atoms. The zero-order chi connectivity index (χ0) is 15.6. The third kappa shape index (κ3) is 4.37. The zero-order valence-electron chi connectivity index (χ0n) is 11.7. The van der Waals surface area contributed by atoms with Crippen LogP contribution in [0.5, 0.6) is 0 Å². The number of carbonyl (C=O) groups is 1. The molecule has 0 radical (unpaired) electrons. The van der Waals surface area contributed by atoms with Gasteiger partial charge in [-0.3, -0.25) is 4.79 Å². The molecule has 2 rings (SSSR count). The summed E-state index contributed by atoms with van der Waals surface area (Å²) in [5.74, 6) is -1.28. The number of nitrogens with two attached hydrogens (primary N) is 2. The number of hydrogen-bond acceptors (Lipinski definition) is 1. The summed E-state index contributed by atoms with van der Waals surface area (Å²) in [6, 6.07) is 3.36. The number of alkyl halides is 3. The van der Waals surface area contributed by atoms with Crippen LogP contribution in [0.15, 0.2) is 23.2 Å². The first-order chi connectivity index (χ1) is 9.77. The van der Waals surface area contributed by atoms with E-state index in [1.807, 2.05) is 0 Å². The van der Waals surface area contributed by atoms with E-state index in [9.17, 15) is 18.0 Å². The first-order valence-electron chi connectivity index (χ1n) is 6.63. The number of carbonyl (C=O) groups excluding carboxylic acids is 1. The summed E-state index contributed by atoms with van der Waals surface area (Å²) >= 11 is 0. The lowest BCUT2D eigenvalue weighted by Gasteiger charge is -2.15. The van der Waals surface area contributed by atoms with E-state index in [0.29, 0.717) is 5.56 Å². The number of nitrogens with zero attached hydrogens (tertiary/aromatic N) is 1. The molecule has 1 amide bonds. The van der Waals surface area contributed by atoms with Gasteiger partial charge in [-0.25, -0.2) is 0 Å².